The maximum Gasteiger partial charge on any atom is 0.466 e. The van der Waals surface area contributed by atoms with Crippen LogP contribution in [-0.4, -0.2) is 14.7 Å². The summed E-state index contributed by atoms with van der Waals surface area (Å²) in [5.74, 6) is 2.26. The topological polar surface area (TPSA) is 87.0 Å². The molecule has 0 amide bonds. The van der Waals surface area contributed by atoms with Crippen molar-refractivity contribution in [3.63, 3.8) is 0 Å². The Labute approximate surface area is 308 Å². The van der Waals surface area contributed by atoms with Crippen LogP contribution in [0.3, 0.4) is 0 Å². The van der Waals surface area contributed by atoms with Crippen molar-refractivity contribution >= 4 is 7.82 Å². The van der Waals surface area contributed by atoms with Gasteiger partial charge in [-0.3, -0.25) is 0 Å². The molecule has 2 rings (SSSR count). The third-order valence-electron chi connectivity index (χ3n) is 9.84. The lowest BCUT2D eigenvalue weighted by molar-refractivity contribution is 0.275. The zero-order chi connectivity index (χ0) is 36.7. The zero-order valence-electron chi connectivity index (χ0n) is 32.9. The molecule has 0 saturated heterocycles. The van der Waals surface area contributed by atoms with Gasteiger partial charge in [-0.05, 0) is 85.8 Å². The van der Waals surface area contributed by atoms with Crippen molar-refractivity contribution in [3.05, 3.63) is 58.7 Å². The Hall–Kier alpha value is -1.65. The lowest BCUT2D eigenvalue weighted by Gasteiger charge is -2.20. The highest BCUT2D eigenvalue weighted by Gasteiger charge is 2.15. The van der Waals surface area contributed by atoms with Crippen LogP contribution < -0.4 is 4.74 Å². The molecule has 0 saturated carbocycles. The molecule has 6 heteroatoms. The molecule has 0 aliphatic heterocycles. The van der Waals surface area contributed by atoms with Gasteiger partial charge in [0.15, 0.2) is 0 Å². The minimum absolute atomic E-state index is 1.13. The summed E-state index contributed by atoms with van der Waals surface area (Å²) in [7, 11) is -4.64. The average Bonchev–Trinajstić information content (AvgIpc) is 3.08. The van der Waals surface area contributed by atoms with Crippen LogP contribution in [0.15, 0.2) is 36.4 Å². The van der Waals surface area contributed by atoms with Gasteiger partial charge in [0.2, 0.25) is 0 Å². The van der Waals surface area contributed by atoms with E-state index in [0.717, 1.165) is 24.3 Å². The number of ether oxygens (including phenoxy) is 1. The Kier molecular flexibility index (Phi) is 28.7. The van der Waals surface area contributed by atoms with Crippen LogP contribution in [0.2, 0.25) is 0 Å². The molecule has 0 spiro atoms. The fourth-order valence-electron chi connectivity index (χ4n) is 6.92. The SMILES string of the molecule is CCCCCCCCc1cccc(Oc2cccc(CCCCCCCC)c2CCCCCCCC)c1CCCCCCCC.O=P(O)(O)O. The van der Waals surface area contributed by atoms with E-state index in [1.54, 1.807) is 0 Å². The number of phosphoric acid groups is 1. The number of hydrogen-bond acceptors (Lipinski definition) is 2. The van der Waals surface area contributed by atoms with E-state index >= 15 is 0 Å². The van der Waals surface area contributed by atoms with Crippen LogP contribution in [0.4, 0.5) is 0 Å². The van der Waals surface area contributed by atoms with Crippen LogP contribution >= 0.6 is 7.82 Å². The molecule has 5 nitrogen and oxygen atoms in total. The molecule has 2 aromatic rings. The van der Waals surface area contributed by atoms with Gasteiger partial charge in [0.25, 0.3) is 0 Å². The van der Waals surface area contributed by atoms with Crippen LogP contribution in [0.1, 0.15) is 204 Å². The molecular weight excluding hydrogens is 639 g/mol. The standard InChI is InChI=1S/C44H74O.H3O4P/c1-5-9-13-17-21-25-31-39-33-29-37-43(41(39)35-27-23-19-15-11-7-3)45-44-38-30-34-40(32-26-22-18-14-10-6-2)42(44)36-28-24-20-16-12-8-4;1-5(2,3)4/h29-30,33-34,37-38H,5-28,31-32,35-36H2,1-4H3;(H3,1,2,3,4). The smallest absolute Gasteiger partial charge is 0.457 e. The first-order valence-corrected chi connectivity index (χ1v) is 22.5. The van der Waals surface area contributed by atoms with Crippen molar-refractivity contribution in [2.24, 2.45) is 0 Å². The third-order valence-corrected chi connectivity index (χ3v) is 9.84. The molecule has 0 bridgehead atoms. The van der Waals surface area contributed by atoms with Gasteiger partial charge in [0, 0.05) is 0 Å². The Morgan fingerprint density at radius 1 is 0.420 bits per heavy atom. The van der Waals surface area contributed by atoms with E-state index in [0.29, 0.717) is 0 Å². The van der Waals surface area contributed by atoms with Gasteiger partial charge in [0.1, 0.15) is 11.5 Å². The van der Waals surface area contributed by atoms with Gasteiger partial charge >= 0.3 is 7.82 Å². The van der Waals surface area contributed by atoms with Crippen molar-refractivity contribution in [3.8, 4) is 11.5 Å². The molecule has 0 heterocycles. The summed E-state index contributed by atoms with van der Waals surface area (Å²) in [6.07, 6.45) is 37.0. The van der Waals surface area contributed by atoms with E-state index in [2.05, 4.69) is 64.1 Å². The fraction of sp³-hybridized carbons (Fsp3) is 0.727. The predicted octanol–water partition coefficient (Wildman–Crippen LogP) is 14.2. The Morgan fingerprint density at radius 3 is 0.980 bits per heavy atom. The van der Waals surface area contributed by atoms with Gasteiger partial charge in [-0.15, -0.1) is 0 Å². The normalized spacial score (nSPS) is 11.4. The van der Waals surface area contributed by atoms with Gasteiger partial charge in [-0.1, -0.05) is 180 Å². The van der Waals surface area contributed by atoms with E-state index in [1.165, 1.54) is 189 Å². The van der Waals surface area contributed by atoms with Gasteiger partial charge in [-0.2, -0.15) is 0 Å². The second-order valence-electron chi connectivity index (χ2n) is 14.5. The molecule has 0 radical (unpaired) electrons. The van der Waals surface area contributed by atoms with E-state index in [1.807, 2.05) is 0 Å². The molecule has 0 atom stereocenters. The van der Waals surface area contributed by atoms with E-state index < -0.39 is 7.82 Å². The van der Waals surface area contributed by atoms with Gasteiger partial charge < -0.3 is 19.4 Å². The number of rotatable bonds is 30. The molecule has 0 unspecified atom stereocenters. The van der Waals surface area contributed by atoms with Gasteiger partial charge in [0.05, 0.1) is 0 Å². The minimum atomic E-state index is -4.64. The molecular formula is C44H77O5P. The Balaban J connectivity index is 0.00000232. The predicted molar refractivity (Wildman–Crippen MR) is 216 cm³/mol. The van der Waals surface area contributed by atoms with E-state index in [4.69, 9.17) is 24.0 Å². The first-order valence-electron chi connectivity index (χ1n) is 20.9. The molecule has 0 aromatic heterocycles. The zero-order valence-corrected chi connectivity index (χ0v) is 33.8. The molecule has 3 N–H and O–H groups in total. The molecule has 0 fully saturated rings. The van der Waals surface area contributed by atoms with Crippen molar-refractivity contribution in [1.29, 1.82) is 0 Å². The van der Waals surface area contributed by atoms with E-state index in [9.17, 15) is 0 Å². The van der Waals surface area contributed by atoms with Crippen molar-refractivity contribution in [1.82, 2.24) is 0 Å². The first-order chi connectivity index (χ1) is 24.2. The minimum Gasteiger partial charge on any atom is -0.457 e. The summed E-state index contributed by atoms with van der Waals surface area (Å²) in [5, 5.41) is 0. The second kappa shape index (κ2) is 30.9. The van der Waals surface area contributed by atoms with Crippen molar-refractivity contribution < 1.29 is 24.0 Å². The van der Waals surface area contributed by atoms with Crippen LogP contribution in [0, 0.1) is 0 Å². The van der Waals surface area contributed by atoms with Crippen molar-refractivity contribution in [2.45, 2.75) is 207 Å². The van der Waals surface area contributed by atoms with Gasteiger partial charge in [-0.25, -0.2) is 4.57 Å². The summed E-state index contributed by atoms with van der Waals surface area (Å²) in [5.41, 5.74) is 6.07. The highest BCUT2D eigenvalue weighted by atomic mass is 31.2. The maximum atomic E-state index is 8.88. The highest BCUT2D eigenvalue weighted by molar-refractivity contribution is 7.45. The number of benzene rings is 2. The van der Waals surface area contributed by atoms with Crippen LogP contribution in [0.25, 0.3) is 0 Å². The average molecular weight is 717 g/mol. The molecule has 288 valence electrons. The largest absolute Gasteiger partial charge is 0.466 e. The second-order valence-corrected chi connectivity index (χ2v) is 15.5. The number of unbranched alkanes of at least 4 members (excludes halogenated alkanes) is 20. The number of aryl methyl sites for hydroxylation is 2. The quantitative estimate of drug-likeness (QED) is 0.0553. The maximum absolute atomic E-state index is 8.88. The fourth-order valence-corrected chi connectivity index (χ4v) is 6.92. The summed E-state index contributed by atoms with van der Waals surface area (Å²) in [6, 6.07) is 13.9. The van der Waals surface area contributed by atoms with Crippen molar-refractivity contribution in [2.75, 3.05) is 0 Å². The molecule has 0 aliphatic carbocycles. The van der Waals surface area contributed by atoms with Crippen LogP contribution in [-0.2, 0) is 30.2 Å². The summed E-state index contributed by atoms with van der Waals surface area (Å²) >= 11 is 0. The summed E-state index contributed by atoms with van der Waals surface area (Å²) < 4.78 is 15.9. The third kappa shape index (κ3) is 24.5. The molecule has 2 aromatic carbocycles. The van der Waals surface area contributed by atoms with Crippen LogP contribution in [0.5, 0.6) is 11.5 Å². The summed E-state index contributed by atoms with van der Waals surface area (Å²) in [4.78, 5) is 21.6. The number of hydrogen-bond donors (Lipinski definition) is 3. The lowest BCUT2D eigenvalue weighted by atomic mass is 9.94. The lowest BCUT2D eigenvalue weighted by Crippen LogP contribution is -2.03. The first kappa shape index (κ1) is 46.4. The van der Waals surface area contributed by atoms with E-state index in [-0.39, 0.29) is 0 Å². The molecule has 0 aliphatic rings. The monoisotopic (exact) mass is 717 g/mol. The highest BCUT2D eigenvalue weighted by Crippen LogP contribution is 2.35. The summed E-state index contributed by atoms with van der Waals surface area (Å²) in [6.45, 7) is 9.24. The Morgan fingerprint density at radius 2 is 0.680 bits per heavy atom. The Bertz CT molecular complexity index is 1040. The molecule has 50 heavy (non-hydrogen) atoms.